The predicted molar refractivity (Wildman–Crippen MR) is 73.7 cm³/mol. The Morgan fingerprint density at radius 3 is 2.89 bits per heavy atom. The van der Waals surface area contributed by atoms with Crippen molar-refractivity contribution in [1.82, 2.24) is 5.32 Å². The number of aliphatic hydroxyl groups excluding tert-OH is 1. The van der Waals surface area contributed by atoms with Crippen molar-refractivity contribution < 1.29 is 5.11 Å². The third-order valence-corrected chi connectivity index (χ3v) is 4.26. The van der Waals surface area contributed by atoms with Crippen LogP contribution in [0.5, 0.6) is 0 Å². The molecule has 3 rings (SSSR count). The van der Waals surface area contributed by atoms with Crippen LogP contribution in [-0.2, 0) is 6.54 Å². The topological polar surface area (TPSA) is 35.5 Å². The summed E-state index contributed by atoms with van der Waals surface area (Å²) in [5.41, 5.74) is 2.65. The van der Waals surface area contributed by atoms with Gasteiger partial charge in [0.15, 0.2) is 0 Å². The average Bonchev–Trinajstić information content (AvgIpc) is 2.72. The number of fused-ring (bicyclic) bond motifs is 1. The molecule has 2 aliphatic rings. The van der Waals surface area contributed by atoms with Gasteiger partial charge in [0.05, 0.1) is 12.1 Å². The maximum atomic E-state index is 10.2. The number of rotatable bonds is 1. The fraction of sp³-hybridized carbons (Fsp3) is 0.600. The van der Waals surface area contributed by atoms with Gasteiger partial charge in [-0.1, -0.05) is 18.2 Å². The van der Waals surface area contributed by atoms with Gasteiger partial charge in [-0.15, -0.1) is 0 Å². The van der Waals surface area contributed by atoms with Crippen molar-refractivity contribution in [2.24, 2.45) is 0 Å². The van der Waals surface area contributed by atoms with Crippen LogP contribution in [0.15, 0.2) is 24.3 Å². The molecule has 98 valence electrons. The van der Waals surface area contributed by atoms with E-state index in [9.17, 15) is 5.11 Å². The molecule has 0 amide bonds. The zero-order valence-electron chi connectivity index (χ0n) is 11.0. The zero-order chi connectivity index (χ0) is 12.5. The Hall–Kier alpha value is -1.06. The van der Waals surface area contributed by atoms with Crippen LogP contribution in [0.1, 0.15) is 31.7 Å². The molecular formula is C15H22N2O. The lowest BCUT2D eigenvalue weighted by Gasteiger charge is -2.34. The molecule has 3 atom stereocenters. The molecule has 0 aromatic heterocycles. The minimum Gasteiger partial charge on any atom is -0.391 e. The van der Waals surface area contributed by atoms with Crippen molar-refractivity contribution in [2.45, 2.75) is 50.9 Å². The Bertz CT molecular complexity index is 421. The van der Waals surface area contributed by atoms with Gasteiger partial charge >= 0.3 is 0 Å². The van der Waals surface area contributed by atoms with Crippen LogP contribution >= 0.6 is 0 Å². The number of nitrogens with zero attached hydrogens (tertiary/aromatic N) is 1. The molecule has 1 aliphatic carbocycles. The highest BCUT2D eigenvalue weighted by atomic mass is 16.3. The number of hydrogen-bond acceptors (Lipinski definition) is 3. The molecule has 1 fully saturated rings. The highest BCUT2D eigenvalue weighted by Gasteiger charge is 2.33. The van der Waals surface area contributed by atoms with E-state index in [0.717, 1.165) is 32.4 Å². The van der Waals surface area contributed by atoms with Gasteiger partial charge in [0, 0.05) is 24.8 Å². The fourth-order valence-corrected chi connectivity index (χ4v) is 3.28. The van der Waals surface area contributed by atoms with Crippen molar-refractivity contribution in [3.63, 3.8) is 0 Å². The lowest BCUT2D eigenvalue weighted by Crippen LogP contribution is -2.45. The average molecular weight is 246 g/mol. The molecule has 0 radical (unpaired) electrons. The normalized spacial score (nSPS) is 32.1. The molecule has 3 unspecified atom stereocenters. The summed E-state index contributed by atoms with van der Waals surface area (Å²) in [6, 6.07) is 9.34. The third kappa shape index (κ3) is 2.13. The smallest absolute Gasteiger partial charge is 0.0743 e. The maximum absolute atomic E-state index is 10.2. The Kier molecular flexibility index (Phi) is 3.27. The fourth-order valence-electron chi connectivity index (χ4n) is 3.28. The lowest BCUT2D eigenvalue weighted by atomic mass is 10.1. The summed E-state index contributed by atoms with van der Waals surface area (Å²) in [6.07, 6.45) is 3.04. The first-order valence-corrected chi connectivity index (χ1v) is 7.01. The third-order valence-electron chi connectivity index (χ3n) is 4.26. The van der Waals surface area contributed by atoms with E-state index in [2.05, 4.69) is 41.4 Å². The molecule has 1 aliphatic heterocycles. The molecule has 2 N–H and O–H groups in total. The van der Waals surface area contributed by atoms with Gasteiger partial charge in [0.1, 0.15) is 0 Å². The van der Waals surface area contributed by atoms with Crippen molar-refractivity contribution >= 4 is 5.69 Å². The van der Waals surface area contributed by atoms with Gasteiger partial charge in [0.2, 0.25) is 0 Å². The van der Waals surface area contributed by atoms with Crippen LogP contribution < -0.4 is 10.2 Å². The Labute approximate surface area is 109 Å². The van der Waals surface area contributed by atoms with E-state index in [0.29, 0.717) is 12.1 Å². The van der Waals surface area contributed by atoms with Crippen LogP contribution in [0, 0.1) is 0 Å². The molecule has 0 saturated heterocycles. The first-order chi connectivity index (χ1) is 8.75. The van der Waals surface area contributed by atoms with Gasteiger partial charge in [-0.3, -0.25) is 0 Å². The van der Waals surface area contributed by atoms with Crippen LogP contribution in [0.2, 0.25) is 0 Å². The SMILES string of the molecule is CC1CN(C2CCCC2O)c2ccccc2CN1. The summed E-state index contributed by atoms with van der Waals surface area (Å²) >= 11 is 0. The molecule has 0 spiro atoms. The monoisotopic (exact) mass is 246 g/mol. The van der Waals surface area contributed by atoms with E-state index < -0.39 is 0 Å². The van der Waals surface area contributed by atoms with Gasteiger partial charge in [-0.05, 0) is 37.8 Å². The summed E-state index contributed by atoms with van der Waals surface area (Å²) in [7, 11) is 0. The van der Waals surface area contributed by atoms with Crippen LogP contribution in [0.3, 0.4) is 0 Å². The molecule has 1 aromatic rings. The first-order valence-electron chi connectivity index (χ1n) is 7.01. The maximum Gasteiger partial charge on any atom is 0.0743 e. The summed E-state index contributed by atoms with van der Waals surface area (Å²) in [5.74, 6) is 0. The molecule has 3 heteroatoms. The first kappa shape index (κ1) is 12.0. The van der Waals surface area contributed by atoms with E-state index >= 15 is 0 Å². The summed E-state index contributed by atoms with van der Waals surface area (Å²) in [4.78, 5) is 2.43. The molecule has 3 nitrogen and oxygen atoms in total. The van der Waals surface area contributed by atoms with Crippen molar-refractivity contribution in [1.29, 1.82) is 0 Å². The zero-order valence-corrected chi connectivity index (χ0v) is 11.0. The number of nitrogens with one attached hydrogen (secondary N) is 1. The Morgan fingerprint density at radius 2 is 2.11 bits per heavy atom. The number of para-hydroxylation sites is 1. The van der Waals surface area contributed by atoms with E-state index in [1.54, 1.807) is 0 Å². The molecule has 0 bridgehead atoms. The van der Waals surface area contributed by atoms with Crippen molar-refractivity contribution in [3.05, 3.63) is 29.8 Å². The van der Waals surface area contributed by atoms with Crippen LogP contribution in [0.25, 0.3) is 0 Å². The minimum absolute atomic E-state index is 0.164. The largest absolute Gasteiger partial charge is 0.391 e. The lowest BCUT2D eigenvalue weighted by molar-refractivity contribution is 0.160. The second kappa shape index (κ2) is 4.90. The Morgan fingerprint density at radius 1 is 1.28 bits per heavy atom. The number of benzene rings is 1. The van der Waals surface area contributed by atoms with E-state index in [4.69, 9.17) is 0 Å². The highest BCUT2D eigenvalue weighted by molar-refractivity contribution is 5.55. The van der Waals surface area contributed by atoms with Gasteiger partial charge in [-0.25, -0.2) is 0 Å². The van der Waals surface area contributed by atoms with Crippen molar-refractivity contribution in [3.8, 4) is 0 Å². The van der Waals surface area contributed by atoms with Crippen LogP contribution in [-0.4, -0.2) is 29.8 Å². The molecule has 1 heterocycles. The van der Waals surface area contributed by atoms with Gasteiger partial charge in [-0.2, -0.15) is 0 Å². The highest BCUT2D eigenvalue weighted by Crippen LogP contribution is 2.32. The predicted octanol–water partition coefficient (Wildman–Crippen LogP) is 1.90. The number of anilines is 1. The second-order valence-electron chi connectivity index (χ2n) is 5.63. The summed E-state index contributed by atoms with van der Waals surface area (Å²) < 4.78 is 0. The summed E-state index contributed by atoms with van der Waals surface area (Å²) in [6.45, 7) is 4.13. The van der Waals surface area contributed by atoms with Gasteiger partial charge in [0.25, 0.3) is 0 Å². The summed E-state index contributed by atoms with van der Waals surface area (Å²) in [5, 5.41) is 13.7. The van der Waals surface area contributed by atoms with E-state index in [1.807, 2.05) is 0 Å². The van der Waals surface area contributed by atoms with Gasteiger partial charge < -0.3 is 15.3 Å². The van der Waals surface area contributed by atoms with Crippen molar-refractivity contribution in [2.75, 3.05) is 11.4 Å². The number of aliphatic hydroxyl groups is 1. The quantitative estimate of drug-likeness (QED) is 0.794. The molecular weight excluding hydrogens is 224 g/mol. The van der Waals surface area contributed by atoms with E-state index in [1.165, 1.54) is 11.3 Å². The Balaban J connectivity index is 1.95. The molecule has 1 saturated carbocycles. The van der Waals surface area contributed by atoms with Crippen LogP contribution in [0.4, 0.5) is 5.69 Å². The minimum atomic E-state index is -0.164. The second-order valence-corrected chi connectivity index (χ2v) is 5.63. The van der Waals surface area contributed by atoms with E-state index in [-0.39, 0.29) is 6.10 Å². The molecule has 18 heavy (non-hydrogen) atoms. The standard InChI is InChI=1S/C15H22N2O/c1-11-10-17(14-7-4-8-15(14)18)13-6-3-2-5-12(13)9-16-11/h2-3,5-6,11,14-16,18H,4,7-10H2,1H3. The molecule has 1 aromatic carbocycles. The number of hydrogen-bond donors (Lipinski definition) is 2.